The summed E-state index contributed by atoms with van der Waals surface area (Å²) < 4.78 is 0. The third-order valence-electron chi connectivity index (χ3n) is 3.72. The number of aliphatic hydroxyl groups is 1. The van der Waals surface area contributed by atoms with Gasteiger partial charge in [-0.1, -0.05) is 24.3 Å². The van der Waals surface area contributed by atoms with Crippen molar-refractivity contribution in [3.05, 3.63) is 59.2 Å². The molecule has 3 N–H and O–H groups in total. The normalized spacial score (nSPS) is 17.2. The van der Waals surface area contributed by atoms with E-state index >= 15 is 0 Å². The second-order valence-electron chi connectivity index (χ2n) is 4.93. The molecule has 3 nitrogen and oxygen atoms in total. The molecule has 0 aromatic heterocycles. The molecule has 0 radical (unpaired) electrons. The third kappa shape index (κ3) is 2.29. The molecule has 2 aromatic rings. The summed E-state index contributed by atoms with van der Waals surface area (Å²) in [5.74, 6) is 0.329. The van der Waals surface area contributed by atoms with Gasteiger partial charge in [-0.25, -0.2) is 0 Å². The highest BCUT2D eigenvalue weighted by molar-refractivity contribution is 5.54. The van der Waals surface area contributed by atoms with Crippen molar-refractivity contribution in [2.24, 2.45) is 0 Å². The van der Waals surface area contributed by atoms with Gasteiger partial charge in [0.15, 0.2) is 0 Å². The van der Waals surface area contributed by atoms with Gasteiger partial charge in [0.1, 0.15) is 5.75 Å². The van der Waals surface area contributed by atoms with Crippen molar-refractivity contribution in [3.8, 4) is 5.75 Å². The van der Waals surface area contributed by atoms with E-state index in [1.807, 2.05) is 36.4 Å². The average molecular weight is 255 g/mol. The molecule has 0 bridgehead atoms. The number of benzene rings is 2. The zero-order valence-electron chi connectivity index (χ0n) is 10.6. The quantitative estimate of drug-likeness (QED) is 0.790. The fourth-order valence-corrected chi connectivity index (χ4v) is 2.74. The van der Waals surface area contributed by atoms with Gasteiger partial charge in [0.05, 0.1) is 12.6 Å². The largest absolute Gasteiger partial charge is 0.508 e. The van der Waals surface area contributed by atoms with Crippen LogP contribution in [-0.4, -0.2) is 10.2 Å². The van der Waals surface area contributed by atoms with E-state index in [-0.39, 0.29) is 12.6 Å². The lowest BCUT2D eigenvalue weighted by Gasteiger charge is -2.18. The summed E-state index contributed by atoms with van der Waals surface area (Å²) in [5, 5.41) is 22.3. The van der Waals surface area contributed by atoms with Gasteiger partial charge in [0.2, 0.25) is 0 Å². The van der Waals surface area contributed by atoms with Crippen LogP contribution in [0.25, 0.3) is 0 Å². The van der Waals surface area contributed by atoms with Gasteiger partial charge in [0, 0.05) is 11.3 Å². The van der Waals surface area contributed by atoms with Crippen LogP contribution in [-0.2, 0) is 13.0 Å². The molecule has 2 aromatic carbocycles. The highest BCUT2D eigenvalue weighted by Crippen LogP contribution is 2.36. The lowest BCUT2D eigenvalue weighted by Crippen LogP contribution is -2.08. The number of aryl methyl sites for hydroxylation is 1. The van der Waals surface area contributed by atoms with Gasteiger partial charge in [-0.15, -0.1) is 0 Å². The molecule has 1 unspecified atom stereocenters. The standard InChI is InChI=1S/C16H17NO2/c18-10-12-3-1-2-4-15(12)17-16-8-5-11-9-13(19)6-7-14(11)16/h1-4,6-7,9,16-19H,5,8,10H2. The Hall–Kier alpha value is -2.00. The number of aliphatic hydroxyl groups excluding tert-OH is 1. The Morgan fingerprint density at radius 3 is 2.84 bits per heavy atom. The van der Waals surface area contributed by atoms with Crippen LogP contribution in [0, 0.1) is 0 Å². The van der Waals surface area contributed by atoms with Gasteiger partial charge < -0.3 is 15.5 Å². The first-order chi connectivity index (χ1) is 9.28. The minimum absolute atomic E-state index is 0.0400. The molecule has 98 valence electrons. The summed E-state index contributed by atoms with van der Waals surface area (Å²) >= 11 is 0. The van der Waals surface area contributed by atoms with Gasteiger partial charge in [0.25, 0.3) is 0 Å². The molecular formula is C16H17NO2. The van der Waals surface area contributed by atoms with E-state index in [2.05, 4.69) is 5.32 Å². The van der Waals surface area contributed by atoms with Crippen molar-refractivity contribution in [1.82, 2.24) is 0 Å². The topological polar surface area (TPSA) is 52.5 Å². The van der Waals surface area contributed by atoms with Crippen LogP contribution < -0.4 is 5.32 Å². The van der Waals surface area contributed by atoms with E-state index in [9.17, 15) is 10.2 Å². The molecule has 1 atom stereocenters. The van der Waals surface area contributed by atoms with Crippen LogP contribution in [0.1, 0.15) is 29.2 Å². The molecule has 3 rings (SSSR count). The Labute approximate surface area is 112 Å². The van der Waals surface area contributed by atoms with E-state index < -0.39 is 0 Å². The summed E-state index contributed by atoms with van der Waals surface area (Å²) in [6.45, 7) is 0.0400. The molecule has 0 saturated carbocycles. The molecule has 19 heavy (non-hydrogen) atoms. The van der Waals surface area contributed by atoms with E-state index in [0.29, 0.717) is 5.75 Å². The summed E-state index contributed by atoms with van der Waals surface area (Å²) in [5.41, 5.74) is 4.34. The minimum atomic E-state index is 0.0400. The lowest BCUT2D eigenvalue weighted by atomic mass is 10.1. The van der Waals surface area contributed by atoms with Crippen molar-refractivity contribution in [3.63, 3.8) is 0 Å². The summed E-state index contributed by atoms with van der Waals surface area (Å²) in [7, 11) is 0. The predicted molar refractivity (Wildman–Crippen MR) is 75.2 cm³/mol. The molecule has 1 aliphatic rings. The Balaban J connectivity index is 1.87. The van der Waals surface area contributed by atoms with E-state index in [4.69, 9.17) is 0 Å². The van der Waals surface area contributed by atoms with Gasteiger partial charge in [-0.2, -0.15) is 0 Å². The Morgan fingerprint density at radius 2 is 2.00 bits per heavy atom. The van der Waals surface area contributed by atoms with Crippen LogP contribution in [0.5, 0.6) is 5.75 Å². The Bertz CT molecular complexity index is 595. The Kier molecular flexibility index (Phi) is 3.13. The molecule has 1 aliphatic carbocycles. The van der Waals surface area contributed by atoms with Gasteiger partial charge in [-0.3, -0.25) is 0 Å². The van der Waals surface area contributed by atoms with Crippen LogP contribution in [0.4, 0.5) is 5.69 Å². The van der Waals surface area contributed by atoms with Gasteiger partial charge >= 0.3 is 0 Å². The predicted octanol–water partition coefficient (Wildman–Crippen LogP) is 2.98. The van der Waals surface area contributed by atoms with Crippen molar-refractivity contribution >= 4 is 5.69 Å². The number of para-hydroxylation sites is 1. The molecule has 0 saturated heterocycles. The number of anilines is 1. The zero-order valence-corrected chi connectivity index (χ0v) is 10.6. The first-order valence-electron chi connectivity index (χ1n) is 6.55. The molecule has 3 heteroatoms. The van der Waals surface area contributed by atoms with E-state index in [0.717, 1.165) is 24.1 Å². The number of phenols is 1. The number of aromatic hydroxyl groups is 1. The molecule has 0 spiro atoms. The highest BCUT2D eigenvalue weighted by Gasteiger charge is 2.22. The monoisotopic (exact) mass is 255 g/mol. The zero-order chi connectivity index (χ0) is 13.2. The highest BCUT2D eigenvalue weighted by atomic mass is 16.3. The molecule has 0 amide bonds. The second-order valence-corrected chi connectivity index (χ2v) is 4.93. The van der Waals surface area contributed by atoms with Crippen LogP contribution in [0.2, 0.25) is 0 Å². The molecule has 0 aliphatic heterocycles. The number of hydrogen-bond donors (Lipinski definition) is 3. The SMILES string of the molecule is OCc1ccccc1NC1CCc2cc(O)ccc21. The summed E-state index contributed by atoms with van der Waals surface area (Å²) in [6.07, 6.45) is 1.99. The van der Waals surface area contributed by atoms with E-state index in [1.54, 1.807) is 6.07 Å². The maximum Gasteiger partial charge on any atom is 0.115 e. The average Bonchev–Trinajstić information content (AvgIpc) is 2.82. The Morgan fingerprint density at radius 1 is 1.16 bits per heavy atom. The van der Waals surface area contributed by atoms with Gasteiger partial charge in [-0.05, 0) is 42.2 Å². The number of phenolic OH excluding ortho intramolecular Hbond substituents is 1. The van der Waals surface area contributed by atoms with Crippen molar-refractivity contribution in [1.29, 1.82) is 0 Å². The maximum absolute atomic E-state index is 9.50. The number of fused-ring (bicyclic) bond motifs is 1. The number of nitrogens with one attached hydrogen (secondary N) is 1. The first kappa shape index (κ1) is 12.1. The smallest absolute Gasteiger partial charge is 0.115 e. The first-order valence-corrected chi connectivity index (χ1v) is 6.55. The fourth-order valence-electron chi connectivity index (χ4n) is 2.74. The maximum atomic E-state index is 9.50. The van der Waals surface area contributed by atoms with Crippen LogP contribution in [0.15, 0.2) is 42.5 Å². The van der Waals surface area contributed by atoms with Crippen molar-refractivity contribution < 1.29 is 10.2 Å². The summed E-state index contributed by atoms with van der Waals surface area (Å²) in [6, 6.07) is 13.6. The summed E-state index contributed by atoms with van der Waals surface area (Å²) in [4.78, 5) is 0. The van der Waals surface area contributed by atoms with Crippen molar-refractivity contribution in [2.45, 2.75) is 25.5 Å². The lowest BCUT2D eigenvalue weighted by molar-refractivity contribution is 0.282. The molecule has 0 fully saturated rings. The third-order valence-corrected chi connectivity index (χ3v) is 3.72. The minimum Gasteiger partial charge on any atom is -0.508 e. The molecule has 0 heterocycles. The van der Waals surface area contributed by atoms with Crippen LogP contribution in [0.3, 0.4) is 0 Å². The molecular weight excluding hydrogens is 238 g/mol. The fraction of sp³-hybridized carbons (Fsp3) is 0.250. The number of hydrogen-bond acceptors (Lipinski definition) is 3. The van der Waals surface area contributed by atoms with Crippen LogP contribution >= 0.6 is 0 Å². The van der Waals surface area contributed by atoms with Crippen molar-refractivity contribution in [2.75, 3.05) is 5.32 Å². The number of rotatable bonds is 3. The van der Waals surface area contributed by atoms with E-state index in [1.165, 1.54) is 11.1 Å². The second kappa shape index (κ2) is 4.94.